The van der Waals surface area contributed by atoms with Crippen molar-refractivity contribution < 1.29 is 35.8 Å². The third-order valence-corrected chi connectivity index (χ3v) is 7.80. The van der Waals surface area contributed by atoms with Crippen LogP contribution in [-0.2, 0) is 31.8 Å². The Labute approximate surface area is 239 Å². The van der Waals surface area contributed by atoms with Crippen LogP contribution in [-0.4, -0.2) is 62.3 Å². The molecule has 2 atom stereocenters. The van der Waals surface area contributed by atoms with Crippen LogP contribution in [0, 0.1) is 0 Å². The van der Waals surface area contributed by atoms with E-state index >= 15 is 0 Å². The molecule has 2 N–H and O–H groups in total. The number of imidazole rings is 1. The molecule has 2 heterocycles. The standard InChI is InChI=1S/C25H27Cl2F3N4O5S/c26-18-1-6-22(23(27)13-18)24(16-34-11-10-31-17-34)38-15-21(39-24)14-37-20-4-2-19(3-5-20)32-8-9-33-40(35,36)12-7-25(28,29)30/h1-6,10-11,13,17,21,32-33H,7-9,12,14-16H2/t21-,24-/m1/s1. The zero-order chi connectivity index (χ0) is 28.8. The summed E-state index contributed by atoms with van der Waals surface area (Å²) in [5.41, 5.74) is 1.31. The van der Waals surface area contributed by atoms with Crippen LogP contribution in [0.5, 0.6) is 5.75 Å². The highest BCUT2D eigenvalue weighted by Gasteiger charge is 2.45. The summed E-state index contributed by atoms with van der Waals surface area (Å²) in [6, 6.07) is 12.0. The van der Waals surface area contributed by atoms with Gasteiger partial charge in [0, 0.05) is 41.8 Å². The summed E-state index contributed by atoms with van der Waals surface area (Å²) in [4.78, 5) is 4.08. The monoisotopic (exact) mass is 622 g/mol. The lowest BCUT2D eigenvalue weighted by Crippen LogP contribution is -2.34. The minimum atomic E-state index is -4.53. The number of nitrogens with one attached hydrogen (secondary N) is 2. The van der Waals surface area contributed by atoms with Gasteiger partial charge in [-0.15, -0.1) is 0 Å². The van der Waals surface area contributed by atoms with Gasteiger partial charge in [0.05, 0.1) is 36.7 Å². The number of sulfonamides is 1. The normalized spacial score (nSPS) is 19.6. The van der Waals surface area contributed by atoms with Gasteiger partial charge in [-0.1, -0.05) is 29.3 Å². The molecule has 9 nitrogen and oxygen atoms in total. The molecule has 4 rings (SSSR count). The van der Waals surface area contributed by atoms with Gasteiger partial charge < -0.3 is 24.1 Å². The van der Waals surface area contributed by atoms with E-state index in [1.807, 2.05) is 4.57 Å². The molecule has 0 unspecified atom stereocenters. The van der Waals surface area contributed by atoms with Gasteiger partial charge in [0.2, 0.25) is 15.8 Å². The fourth-order valence-electron chi connectivity index (χ4n) is 3.97. The molecule has 1 fully saturated rings. The first-order chi connectivity index (χ1) is 18.9. The molecular weight excluding hydrogens is 596 g/mol. The van der Waals surface area contributed by atoms with Crippen molar-refractivity contribution in [1.29, 1.82) is 0 Å². The van der Waals surface area contributed by atoms with E-state index in [1.165, 1.54) is 0 Å². The number of rotatable bonds is 13. The molecule has 1 saturated heterocycles. The first-order valence-electron chi connectivity index (χ1n) is 12.2. The summed E-state index contributed by atoms with van der Waals surface area (Å²) < 4.78 is 82.4. The van der Waals surface area contributed by atoms with Crippen molar-refractivity contribution in [3.63, 3.8) is 0 Å². The maximum absolute atomic E-state index is 12.2. The molecule has 1 aromatic heterocycles. The molecule has 218 valence electrons. The molecular formula is C25H27Cl2F3N4O5S. The van der Waals surface area contributed by atoms with Gasteiger partial charge in [0.1, 0.15) is 18.5 Å². The van der Waals surface area contributed by atoms with Crippen molar-refractivity contribution in [2.75, 3.05) is 37.4 Å². The van der Waals surface area contributed by atoms with Gasteiger partial charge in [-0.2, -0.15) is 13.2 Å². The molecule has 0 aliphatic carbocycles. The molecule has 1 aliphatic heterocycles. The molecule has 2 aromatic carbocycles. The minimum Gasteiger partial charge on any atom is -0.491 e. The summed E-state index contributed by atoms with van der Waals surface area (Å²) in [7, 11) is -4.01. The second kappa shape index (κ2) is 13.0. The largest absolute Gasteiger partial charge is 0.491 e. The number of alkyl halides is 3. The van der Waals surface area contributed by atoms with Crippen LogP contribution in [0.4, 0.5) is 18.9 Å². The highest BCUT2D eigenvalue weighted by Crippen LogP contribution is 2.40. The first kappa shape index (κ1) is 30.4. The summed E-state index contributed by atoms with van der Waals surface area (Å²) in [5, 5.41) is 3.89. The summed E-state index contributed by atoms with van der Waals surface area (Å²) in [6.07, 6.45) is -1.22. The lowest BCUT2D eigenvalue weighted by atomic mass is 10.1. The second-order valence-corrected chi connectivity index (χ2v) is 11.8. The van der Waals surface area contributed by atoms with E-state index in [1.54, 1.807) is 61.2 Å². The Kier molecular flexibility index (Phi) is 9.85. The number of hydrogen-bond acceptors (Lipinski definition) is 7. The van der Waals surface area contributed by atoms with Crippen LogP contribution < -0.4 is 14.8 Å². The molecule has 0 radical (unpaired) electrons. The van der Waals surface area contributed by atoms with E-state index in [0.717, 1.165) is 0 Å². The molecule has 3 aromatic rings. The van der Waals surface area contributed by atoms with Crippen LogP contribution in [0.25, 0.3) is 0 Å². The summed E-state index contributed by atoms with van der Waals surface area (Å²) in [5.74, 6) is -1.60. The third-order valence-electron chi connectivity index (χ3n) is 5.87. The van der Waals surface area contributed by atoms with E-state index in [9.17, 15) is 21.6 Å². The average Bonchev–Trinajstić information content (AvgIpc) is 3.55. The van der Waals surface area contributed by atoms with Crippen molar-refractivity contribution >= 4 is 38.9 Å². The molecule has 15 heteroatoms. The van der Waals surface area contributed by atoms with Crippen LogP contribution >= 0.6 is 23.2 Å². The van der Waals surface area contributed by atoms with Gasteiger partial charge in [-0.05, 0) is 36.4 Å². The Morgan fingerprint density at radius 1 is 1.15 bits per heavy atom. The maximum atomic E-state index is 12.2. The van der Waals surface area contributed by atoms with E-state index in [0.29, 0.717) is 33.6 Å². The van der Waals surface area contributed by atoms with Crippen molar-refractivity contribution in [1.82, 2.24) is 14.3 Å². The molecule has 1 aliphatic rings. The van der Waals surface area contributed by atoms with Gasteiger partial charge in [-0.25, -0.2) is 18.1 Å². The van der Waals surface area contributed by atoms with Crippen molar-refractivity contribution in [2.24, 2.45) is 0 Å². The Balaban J connectivity index is 1.27. The predicted molar refractivity (Wildman–Crippen MR) is 144 cm³/mol. The fraction of sp³-hybridized carbons (Fsp3) is 0.400. The summed E-state index contributed by atoms with van der Waals surface area (Å²) >= 11 is 12.6. The Hall–Kier alpha value is -2.55. The van der Waals surface area contributed by atoms with Gasteiger partial charge >= 0.3 is 6.18 Å². The van der Waals surface area contributed by atoms with E-state index < -0.39 is 40.3 Å². The number of nitrogens with zero attached hydrogens (tertiary/aromatic N) is 2. The molecule has 40 heavy (non-hydrogen) atoms. The smallest absolute Gasteiger partial charge is 0.390 e. The number of benzene rings is 2. The molecule has 0 saturated carbocycles. The second-order valence-electron chi connectivity index (χ2n) is 9.00. The van der Waals surface area contributed by atoms with Crippen LogP contribution in [0.2, 0.25) is 10.0 Å². The Morgan fingerprint density at radius 2 is 1.93 bits per heavy atom. The van der Waals surface area contributed by atoms with Crippen LogP contribution in [0.15, 0.2) is 61.2 Å². The Bertz CT molecular complexity index is 1360. The predicted octanol–water partition coefficient (Wildman–Crippen LogP) is 4.82. The highest BCUT2D eigenvalue weighted by molar-refractivity contribution is 7.89. The highest BCUT2D eigenvalue weighted by atomic mass is 35.5. The van der Waals surface area contributed by atoms with E-state index in [-0.39, 0.29) is 26.3 Å². The van der Waals surface area contributed by atoms with Gasteiger partial charge in [0.15, 0.2) is 0 Å². The molecule has 0 spiro atoms. The lowest BCUT2D eigenvalue weighted by molar-refractivity contribution is -0.189. The average molecular weight is 623 g/mol. The quantitative estimate of drug-likeness (QED) is 0.263. The van der Waals surface area contributed by atoms with E-state index in [4.69, 9.17) is 37.4 Å². The van der Waals surface area contributed by atoms with Crippen LogP contribution in [0.3, 0.4) is 0 Å². The molecule has 0 amide bonds. The zero-order valence-corrected chi connectivity index (χ0v) is 23.4. The minimum absolute atomic E-state index is 0.0596. The number of ether oxygens (including phenoxy) is 3. The maximum Gasteiger partial charge on any atom is 0.390 e. The van der Waals surface area contributed by atoms with Crippen molar-refractivity contribution in [3.8, 4) is 5.75 Å². The Morgan fingerprint density at radius 3 is 2.60 bits per heavy atom. The molecule has 0 bridgehead atoms. The van der Waals surface area contributed by atoms with Crippen molar-refractivity contribution in [2.45, 2.75) is 31.0 Å². The van der Waals surface area contributed by atoms with Crippen molar-refractivity contribution in [3.05, 3.63) is 76.8 Å². The van der Waals surface area contributed by atoms with Crippen LogP contribution in [0.1, 0.15) is 12.0 Å². The first-order valence-corrected chi connectivity index (χ1v) is 14.6. The fourth-order valence-corrected chi connectivity index (χ4v) is 5.58. The number of anilines is 1. The number of halogens is 5. The summed E-state index contributed by atoms with van der Waals surface area (Å²) in [6.45, 7) is 0.889. The third kappa shape index (κ3) is 8.72. The topological polar surface area (TPSA) is 104 Å². The van der Waals surface area contributed by atoms with Gasteiger partial charge in [0.25, 0.3) is 0 Å². The zero-order valence-electron chi connectivity index (χ0n) is 21.0. The van der Waals surface area contributed by atoms with E-state index in [2.05, 4.69) is 15.0 Å². The SMILES string of the molecule is O=S(=O)(CCC(F)(F)F)NCCNc1ccc(OC[C@@H]2CO[C@@](Cn3ccnc3)(c3ccc(Cl)cc3Cl)O2)cc1. The van der Waals surface area contributed by atoms with Gasteiger partial charge in [-0.3, -0.25) is 0 Å². The number of hydrogen-bond donors (Lipinski definition) is 2. The number of aromatic nitrogens is 2. The lowest BCUT2D eigenvalue weighted by Gasteiger charge is -2.30.